The van der Waals surface area contributed by atoms with Crippen LogP contribution in [-0.2, 0) is 0 Å². The smallest absolute Gasteiger partial charge is 0.315 e. The Hall–Kier alpha value is -1.14. The van der Waals surface area contributed by atoms with Gasteiger partial charge in [0, 0.05) is 17.6 Å². The lowest BCUT2D eigenvalue weighted by Gasteiger charge is -2.18. The quantitative estimate of drug-likeness (QED) is 0.724. The molecule has 21 heavy (non-hydrogen) atoms. The Labute approximate surface area is 130 Å². The van der Waals surface area contributed by atoms with E-state index in [2.05, 4.69) is 15.6 Å². The molecule has 1 fully saturated rings. The van der Waals surface area contributed by atoms with E-state index in [4.69, 9.17) is 0 Å². The second-order valence-electron chi connectivity index (χ2n) is 6.17. The molecular weight excluding hydrogens is 286 g/mol. The number of nitrogens with one attached hydrogen (secondary N) is 2. The second-order valence-corrected chi connectivity index (χ2v) is 7.43. The minimum Gasteiger partial charge on any atom is -0.393 e. The van der Waals surface area contributed by atoms with Crippen LogP contribution in [0.1, 0.15) is 49.0 Å². The fraction of sp³-hybridized carbons (Fsp3) is 0.733. The molecule has 0 bridgehead atoms. The molecule has 5 nitrogen and oxygen atoms in total. The monoisotopic (exact) mass is 311 g/mol. The summed E-state index contributed by atoms with van der Waals surface area (Å²) in [7, 11) is 0. The highest BCUT2D eigenvalue weighted by molar-refractivity contribution is 7.11. The van der Waals surface area contributed by atoms with Crippen LogP contribution >= 0.6 is 11.3 Å². The molecule has 2 amide bonds. The fourth-order valence-electron chi connectivity index (χ4n) is 2.45. The second kappa shape index (κ2) is 7.22. The molecule has 1 aromatic heterocycles. The van der Waals surface area contributed by atoms with E-state index in [1.165, 1.54) is 4.88 Å². The summed E-state index contributed by atoms with van der Waals surface area (Å²) in [5.41, 5.74) is 0. The Kier molecular flexibility index (Phi) is 5.58. The van der Waals surface area contributed by atoms with Gasteiger partial charge in [-0.2, -0.15) is 0 Å². The number of amides is 2. The van der Waals surface area contributed by atoms with Gasteiger partial charge in [-0.05, 0) is 44.9 Å². The summed E-state index contributed by atoms with van der Waals surface area (Å²) >= 11 is 1.65. The first kappa shape index (κ1) is 16.2. The first-order valence-corrected chi connectivity index (χ1v) is 8.42. The van der Waals surface area contributed by atoms with Gasteiger partial charge in [0.05, 0.1) is 12.1 Å². The number of hydrogen-bond donors (Lipinski definition) is 3. The van der Waals surface area contributed by atoms with Crippen LogP contribution in [0, 0.1) is 18.8 Å². The van der Waals surface area contributed by atoms with Crippen molar-refractivity contribution in [2.75, 3.05) is 6.54 Å². The number of thiazole rings is 1. The highest BCUT2D eigenvalue weighted by Gasteiger charge is 2.35. The van der Waals surface area contributed by atoms with E-state index in [-0.39, 0.29) is 24.1 Å². The molecule has 6 heteroatoms. The van der Waals surface area contributed by atoms with Crippen molar-refractivity contribution in [1.29, 1.82) is 0 Å². The van der Waals surface area contributed by atoms with Gasteiger partial charge in [-0.15, -0.1) is 11.3 Å². The van der Waals surface area contributed by atoms with E-state index >= 15 is 0 Å². The van der Waals surface area contributed by atoms with Crippen molar-refractivity contribution < 1.29 is 9.90 Å². The summed E-state index contributed by atoms with van der Waals surface area (Å²) in [6.07, 6.45) is 4.53. The van der Waals surface area contributed by atoms with Gasteiger partial charge in [0.15, 0.2) is 0 Å². The zero-order chi connectivity index (χ0) is 15.4. The van der Waals surface area contributed by atoms with Gasteiger partial charge >= 0.3 is 6.03 Å². The molecule has 0 radical (unpaired) electrons. The van der Waals surface area contributed by atoms with Crippen molar-refractivity contribution >= 4 is 17.4 Å². The number of hydrogen-bond acceptors (Lipinski definition) is 4. The maximum atomic E-state index is 12.0. The standard InChI is InChI=1S/C15H25N3O2S/c1-9(6-10(2)19)7-17-15(20)18-13(12-4-5-12)14-16-8-11(3)21-14/h8-10,12-13,19H,4-7H2,1-3H3,(H2,17,18,20). The minimum absolute atomic E-state index is 0.0378. The SMILES string of the molecule is Cc1cnc(C(NC(=O)NCC(C)CC(C)O)C2CC2)s1. The molecule has 0 aromatic carbocycles. The Balaban J connectivity index is 1.82. The van der Waals surface area contributed by atoms with Crippen molar-refractivity contribution in [3.05, 3.63) is 16.1 Å². The van der Waals surface area contributed by atoms with Crippen LogP contribution in [0.4, 0.5) is 4.79 Å². The third kappa shape index (κ3) is 5.28. The van der Waals surface area contributed by atoms with Crippen LogP contribution in [0.3, 0.4) is 0 Å². The zero-order valence-electron chi connectivity index (χ0n) is 12.9. The lowest BCUT2D eigenvalue weighted by atomic mass is 10.1. The number of carbonyl (C=O) groups is 1. The predicted octanol–water partition coefficient (Wildman–Crippen LogP) is 2.61. The topological polar surface area (TPSA) is 74.2 Å². The van der Waals surface area contributed by atoms with Crippen LogP contribution in [0.25, 0.3) is 0 Å². The molecule has 1 aromatic rings. The molecule has 0 spiro atoms. The van der Waals surface area contributed by atoms with Crippen LogP contribution < -0.4 is 10.6 Å². The molecule has 0 saturated heterocycles. The Morgan fingerprint density at radius 1 is 1.52 bits per heavy atom. The average molecular weight is 311 g/mol. The van der Waals surface area contributed by atoms with E-state index in [1.807, 2.05) is 20.0 Å². The third-order valence-corrected chi connectivity index (χ3v) is 4.64. The number of aliphatic hydroxyl groups excluding tert-OH is 1. The van der Waals surface area contributed by atoms with Gasteiger partial charge in [0.1, 0.15) is 5.01 Å². The average Bonchev–Trinajstić information content (AvgIpc) is 3.15. The van der Waals surface area contributed by atoms with E-state index < -0.39 is 0 Å². The predicted molar refractivity (Wildman–Crippen MR) is 84.3 cm³/mol. The number of nitrogens with zero attached hydrogens (tertiary/aromatic N) is 1. The van der Waals surface area contributed by atoms with Crippen LogP contribution in [0.2, 0.25) is 0 Å². The molecule has 118 valence electrons. The third-order valence-electron chi connectivity index (χ3n) is 3.64. The molecule has 1 saturated carbocycles. The van der Waals surface area contributed by atoms with Crippen molar-refractivity contribution in [3.8, 4) is 0 Å². The first-order valence-electron chi connectivity index (χ1n) is 7.60. The summed E-state index contributed by atoms with van der Waals surface area (Å²) in [5, 5.41) is 16.3. The van der Waals surface area contributed by atoms with Gasteiger partial charge in [-0.1, -0.05) is 6.92 Å². The lowest BCUT2D eigenvalue weighted by Crippen LogP contribution is -2.40. The highest BCUT2D eigenvalue weighted by Crippen LogP contribution is 2.41. The molecule has 0 aliphatic heterocycles. The zero-order valence-corrected chi connectivity index (χ0v) is 13.7. The normalized spacial score (nSPS) is 18.9. The van der Waals surface area contributed by atoms with E-state index in [0.29, 0.717) is 18.9 Å². The van der Waals surface area contributed by atoms with Crippen molar-refractivity contribution in [2.45, 2.75) is 52.2 Å². The maximum absolute atomic E-state index is 12.0. The van der Waals surface area contributed by atoms with E-state index in [9.17, 15) is 9.90 Å². The number of rotatable bonds is 7. The van der Waals surface area contributed by atoms with E-state index in [0.717, 1.165) is 17.8 Å². The summed E-state index contributed by atoms with van der Waals surface area (Å²) in [6.45, 7) is 6.40. The van der Waals surface area contributed by atoms with E-state index in [1.54, 1.807) is 18.3 Å². The number of aromatic nitrogens is 1. The van der Waals surface area contributed by atoms with Crippen LogP contribution in [0.5, 0.6) is 0 Å². The Morgan fingerprint density at radius 3 is 2.76 bits per heavy atom. The Morgan fingerprint density at radius 2 is 2.24 bits per heavy atom. The van der Waals surface area contributed by atoms with Crippen LogP contribution in [0.15, 0.2) is 6.20 Å². The van der Waals surface area contributed by atoms with Gasteiger partial charge in [-0.3, -0.25) is 0 Å². The number of aliphatic hydroxyl groups is 1. The molecule has 1 heterocycles. The summed E-state index contributed by atoms with van der Waals surface area (Å²) in [6, 6.07) is -0.104. The van der Waals surface area contributed by atoms with Gasteiger partial charge < -0.3 is 15.7 Å². The fourth-order valence-corrected chi connectivity index (χ4v) is 3.37. The largest absolute Gasteiger partial charge is 0.393 e. The summed E-state index contributed by atoms with van der Waals surface area (Å²) in [4.78, 5) is 17.6. The maximum Gasteiger partial charge on any atom is 0.315 e. The highest BCUT2D eigenvalue weighted by atomic mass is 32.1. The van der Waals surface area contributed by atoms with Gasteiger partial charge in [-0.25, -0.2) is 9.78 Å². The van der Waals surface area contributed by atoms with Crippen molar-refractivity contribution in [1.82, 2.24) is 15.6 Å². The summed E-state index contributed by atoms with van der Waals surface area (Å²) in [5.74, 6) is 0.786. The molecule has 3 N–H and O–H groups in total. The van der Waals surface area contributed by atoms with Crippen molar-refractivity contribution in [2.24, 2.45) is 11.8 Å². The molecular formula is C15H25N3O2S. The summed E-state index contributed by atoms with van der Waals surface area (Å²) < 4.78 is 0. The van der Waals surface area contributed by atoms with Crippen LogP contribution in [-0.4, -0.2) is 28.8 Å². The molecule has 2 rings (SSSR count). The minimum atomic E-state index is -0.331. The number of aryl methyl sites for hydroxylation is 1. The molecule has 3 atom stereocenters. The van der Waals surface area contributed by atoms with Crippen molar-refractivity contribution in [3.63, 3.8) is 0 Å². The molecule has 1 aliphatic rings. The Bertz CT molecular complexity index is 471. The molecule has 1 aliphatic carbocycles. The first-order chi connectivity index (χ1) is 9.95. The lowest BCUT2D eigenvalue weighted by molar-refractivity contribution is 0.163. The number of urea groups is 1. The number of carbonyl (C=O) groups excluding carboxylic acids is 1. The van der Waals surface area contributed by atoms with Gasteiger partial charge in [0.2, 0.25) is 0 Å². The molecule has 3 unspecified atom stereocenters. The van der Waals surface area contributed by atoms with Gasteiger partial charge in [0.25, 0.3) is 0 Å².